The Balaban J connectivity index is 1.36. The fraction of sp³-hybridized carbons (Fsp3) is 0.333. The van der Waals surface area contributed by atoms with Crippen molar-refractivity contribution in [1.29, 1.82) is 0 Å². The maximum absolute atomic E-state index is 12.9. The first-order valence-electron chi connectivity index (χ1n) is 11.7. The van der Waals surface area contributed by atoms with Crippen molar-refractivity contribution in [2.45, 2.75) is 38.8 Å². The average Bonchev–Trinajstić information content (AvgIpc) is 3.49. The van der Waals surface area contributed by atoms with E-state index in [0.717, 1.165) is 39.3 Å². The van der Waals surface area contributed by atoms with Gasteiger partial charge in [0.05, 0.1) is 23.7 Å². The van der Waals surface area contributed by atoms with Gasteiger partial charge >= 0.3 is 6.09 Å². The second-order valence-corrected chi connectivity index (χ2v) is 11.5. The molecule has 9 heteroatoms. The number of methoxy groups -OCH3 is 1. The van der Waals surface area contributed by atoms with Gasteiger partial charge < -0.3 is 25.0 Å². The Labute approximate surface area is 223 Å². The maximum Gasteiger partial charge on any atom is 0.407 e. The SMILES string of the molecule is COc1ccc(-c2ccc(C(=O)Nc3ccc(N4CC[C@H](NC(=O)OC(C)(C)C)C4)cc3Br)s2)cc1. The molecule has 1 aliphatic heterocycles. The van der Waals surface area contributed by atoms with Gasteiger partial charge in [0.2, 0.25) is 0 Å². The van der Waals surface area contributed by atoms with Crippen molar-refractivity contribution in [2.75, 3.05) is 30.4 Å². The predicted molar refractivity (Wildman–Crippen MR) is 148 cm³/mol. The van der Waals surface area contributed by atoms with Crippen LogP contribution in [0, 0.1) is 0 Å². The second kappa shape index (κ2) is 10.9. The van der Waals surface area contributed by atoms with E-state index in [0.29, 0.717) is 17.1 Å². The highest BCUT2D eigenvalue weighted by atomic mass is 79.9. The number of carbonyl (C=O) groups excluding carboxylic acids is 2. The Hall–Kier alpha value is -3.04. The highest BCUT2D eigenvalue weighted by Crippen LogP contribution is 2.32. The molecule has 36 heavy (non-hydrogen) atoms. The monoisotopic (exact) mass is 571 g/mol. The van der Waals surface area contributed by atoms with Crippen molar-refractivity contribution in [3.8, 4) is 16.2 Å². The van der Waals surface area contributed by atoms with E-state index in [1.165, 1.54) is 11.3 Å². The molecule has 190 valence electrons. The highest BCUT2D eigenvalue weighted by Gasteiger charge is 2.26. The van der Waals surface area contributed by atoms with Crippen LogP contribution < -0.4 is 20.3 Å². The van der Waals surface area contributed by atoms with E-state index in [9.17, 15) is 9.59 Å². The number of carbonyl (C=O) groups is 2. The molecule has 1 aromatic heterocycles. The van der Waals surface area contributed by atoms with Crippen molar-refractivity contribution < 1.29 is 19.1 Å². The number of rotatable bonds is 6. The lowest BCUT2D eigenvalue weighted by Crippen LogP contribution is -2.40. The van der Waals surface area contributed by atoms with Crippen molar-refractivity contribution >= 4 is 50.6 Å². The van der Waals surface area contributed by atoms with Crippen LogP contribution in [0.15, 0.2) is 59.1 Å². The number of thiophene rings is 1. The number of alkyl carbamates (subject to hydrolysis) is 1. The van der Waals surface area contributed by atoms with Gasteiger partial charge in [0.25, 0.3) is 5.91 Å². The van der Waals surface area contributed by atoms with Crippen molar-refractivity contribution in [2.24, 2.45) is 0 Å². The van der Waals surface area contributed by atoms with Gasteiger partial charge in [0, 0.05) is 28.1 Å². The largest absolute Gasteiger partial charge is 0.497 e. The fourth-order valence-corrected chi connectivity index (χ4v) is 5.32. The summed E-state index contributed by atoms with van der Waals surface area (Å²) in [5.41, 5.74) is 2.24. The Morgan fingerprint density at radius 2 is 1.83 bits per heavy atom. The van der Waals surface area contributed by atoms with Crippen LogP contribution in [0.2, 0.25) is 0 Å². The number of benzene rings is 2. The molecule has 7 nitrogen and oxygen atoms in total. The molecule has 1 fully saturated rings. The first-order valence-corrected chi connectivity index (χ1v) is 13.3. The number of nitrogens with one attached hydrogen (secondary N) is 2. The van der Waals surface area contributed by atoms with Crippen molar-refractivity contribution in [3.63, 3.8) is 0 Å². The minimum Gasteiger partial charge on any atom is -0.497 e. The van der Waals surface area contributed by atoms with E-state index in [1.54, 1.807) is 7.11 Å². The zero-order valence-corrected chi connectivity index (χ0v) is 23.2. The molecule has 4 rings (SSSR count). The molecule has 2 aromatic carbocycles. The standard InChI is InChI=1S/C27H30BrN3O4S/c1-27(2,3)35-26(33)29-18-13-14-31(16-18)19-7-10-22(21(28)15-19)30-25(32)24-12-11-23(36-24)17-5-8-20(34-4)9-6-17/h5-12,15,18H,13-14,16H2,1-4H3,(H,29,33)(H,30,32)/t18-/m0/s1. The number of halogens is 1. The van der Waals surface area contributed by atoms with Gasteiger partial charge in [-0.1, -0.05) is 0 Å². The molecule has 1 saturated heterocycles. The minimum atomic E-state index is -0.520. The van der Waals surface area contributed by atoms with Gasteiger partial charge in [0.1, 0.15) is 11.4 Å². The molecule has 2 heterocycles. The molecule has 2 N–H and O–H groups in total. The molecule has 0 spiro atoms. The topological polar surface area (TPSA) is 79.9 Å². The summed E-state index contributed by atoms with van der Waals surface area (Å²) in [6.07, 6.45) is 0.446. The second-order valence-electron chi connectivity index (χ2n) is 9.59. The van der Waals surface area contributed by atoms with Crippen LogP contribution >= 0.6 is 27.3 Å². The van der Waals surface area contributed by atoms with Crippen LogP contribution in [0.5, 0.6) is 5.75 Å². The lowest BCUT2D eigenvalue weighted by atomic mass is 10.2. The molecule has 0 saturated carbocycles. The summed E-state index contributed by atoms with van der Waals surface area (Å²) in [5.74, 6) is 0.640. The van der Waals surface area contributed by atoms with Crippen LogP contribution in [0.4, 0.5) is 16.2 Å². The third-order valence-electron chi connectivity index (χ3n) is 5.68. The Morgan fingerprint density at radius 3 is 2.50 bits per heavy atom. The third kappa shape index (κ3) is 6.59. The first kappa shape index (κ1) is 26.0. The smallest absolute Gasteiger partial charge is 0.407 e. The molecule has 0 unspecified atom stereocenters. The van der Waals surface area contributed by atoms with Crippen molar-refractivity contribution in [3.05, 3.63) is 63.9 Å². The molecule has 0 bridgehead atoms. The summed E-state index contributed by atoms with van der Waals surface area (Å²) in [6.45, 7) is 7.07. The summed E-state index contributed by atoms with van der Waals surface area (Å²) in [7, 11) is 1.64. The third-order valence-corrected chi connectivity index (χ3v) is 7.47. The van der Waals surface area contributed by atoms with Crippen LogP contribution in [0.1, 0.15) is 36.9 Å². The van der Waals surface area contributed by atoms with E-state index in [1.807, 2.05) is 75.4 Å². The van der Waals surface area contributed by atoms with Crippen LogP contribution in [-0.4, -0.2) is 43.8 Å². The number of amides is 2. The van der Waals surface area contributed by atoms with Gasteiger partial charge in [-0.3, -0.25) is 4.79 Å². The maximum atomic E-state index is 12.9. The average molecular weight is 573 g/mol. The van der Waals surface area contributed by atoms with Gasteiger partial charge in [-0.05, 0) is 103 Å². The first-order chi connectivity index (χ1) is 17.1. The molecule has 1 aliphatic rings. The van der Waals surface area contributed by atoms with Crippen LogP contribution in [-0.2, 0) is 4.74 Å². The number of nitrogens with zero attached hydrogens (tertiary/aromatic N) is 1. The zero-order chi connectivity index (χ0) is 25.9. The molecular formula is C27H30BrN3O4S. The van der Waals surface area contributed by atoms with Gasteiger partial charge in [0.15, 0.2) is 0 Å². The van der Waals surface area contributed by atoms with Gasteiger partial charge in [-0.15, -0.1) is 11.3 Å². The summed E-state index contributed by atoms with van der Waals surface area (Å²) in [6, 6.07) is 17.4. The lowest BCUT2D eigenvalue weighted by Gasteiger charge is -2.23. The lowest BCUT2D eigenvalue weighted by molar-refractivity contribution is 0.0509. The Bertz CT molecular complexity index is 1240. The fourth-order valence-electron chi connectivity index (χ4n) is 3.94. The Morgan fingerprint density at radius 1 is 1.08 bits per heavy atom. The van der Waals surface area contributed by atoms with Crippen molar-refractivity contribution in [1.82, 2.24) is 5.32 Å². The minimum absolute atomic E-state index is 0.0248. The summed E-state index contributed by atoms with van der Waals surface area (Å²) < 4.78 is 11.4. The quantitative estimate of drug-likeness (QED) is 0.351. The molecule has 0 radical (unpaired) electrons. The Kier molecular flexibility index (Phi) is 7.90. The molecule has 3 aromatic rings. The molecule has 1 atom stereocenters. The molecule has 2 amide bonds. The van der Waals surface area contributed by atoms with E-state index in [-0.39, 0.29) is 11.9 Å². The van der Waals surface area contributed by atoms with E-state index in [4.69, 9.17) is 9.47 Å². The predicted octanol–water partition coefficient (Wildman–Crippen LogP) is 6.54. The van der Waals surface area contributed by atoms with Gasteiger partial charge in [-0.2, -0.15) is 0 Å². The normalized spacial score (nSPS) is 15.5. The van der Waals surface area contributed by atoms with E-state index < -0.39 is 11.7 Å². The number of hydrogen-bond acceptors (Lipinski definition) is 6. The number of anilines is 2. The van der Waals surface area contributed by atoms with Crippen LogP contribution in [0.3, 0.4) is 0 Å². The number of ether oxygens (including phenoxy) is 2. The highest BCUT2D eigenvalue weighted by molar-refractivity contribution is 9.10. The zero-order valence-electron chi connectivity index (χ0n) is 20.8. The summed E-state index contributed by atoms with van der Waals surface area (Å²) >= 11 is 5.04. The summed E-state index contributed by atoms with van der Waals surface area (Å²) in [5, 5.41) is 5.94. The molecule has 0 aliphatic carbocycles. The molecular weight excluding hydrogens is 542 g/mol. The van der Waals surface area contributed by atoms with Gasteiger partial charge in [-0.25, -0.2) is 4.79 Å². The number of hydrogen-bond donors (Lipinski definition) is 2. The van der Waals surface area contributed by atoms with E-state index in [2.05, 4.69) is 31.5 Å². The summed E-state index contributed by atoms with van der Waals surface area (Å²) in [4.78, 5) is 28.8. The van der Waals surface area contributed by atoms with Crippen LogP contribution in [0.25, 0.3) is 10.4 Å². The van der Waals surface area contributed by atoms with E-state index >= 15 is 0 Å².